The zero-order valence-corrected chi connectivity index (χ0v) is 16.6. The van der Waals surface area contributed by atoms with Crippen molar-refractivity contribution < 1.29 is 8.78 Å². The zero-order valence-electron chi connectivity index (χ0n) is 15.8. The van der Waals surface area contributed by atoms with Gasteiger partial charge in [-0.3, -0.25) is 0 Å². The summed E-state index contributed by atoms with van der Waals surface area (Å²) < 4.78 is 27.8. The van der Waals surface area contributed by atoms with Crippen LogP contribution in [0.4, 0.5) is 8.78 Å². The molecule has 0 saturated heterocycles. The molecule has 0 amide bonds. The summed E-state index contributed by atoms with van der Waals surface area (Å²) in [5.74, 6) is 3.52. The largest absolute Gasteiger partial charge is 0.205 e. The normalized spacial score (nSPS) is 37.1. The fraction of sp³-hybridized carbons (Fsp3) is 0.739. The predicted molar refractivity (Wildman–Crippen MR) is 103 cm³/mol. The Hall–Kier alpha value is -0.630. The maximum atomic E-state index is 13.9. The highest BCUT2D eigenvalue weighted by molar-refractivity contribution is 6.30. The molecule has 26 heavy (non-hydrogen) atoms. The molecule has 6 atom stereocenters. The van der Waals surface area contributed by atoms with Gasteiger partial charge in [-0.2, -0.15) is 0 Å². The van der Waals surface area contributed by atoms with Crippen LogP contribution in [0.5, 0.6) is 0 Å². The zero-order chi connectivity index (χ0) is 18.3. The second kappa shape index (κ2) is 7.78. The third-order valence-electron chi connectivity index (χ3n) is 7.82. The summed E-state index contributed by atoms with van der Waals surface area (Å²) in [6.07, 6.45) is 13.1. The molecule has 1 aromatic carbocycles. The Morgan fingerprint density at radius 1 is 0.885 bits per heavy atom. The molecule has 0 bridgehead atoms. The molecule has 3 aliphatic rings. The van der Waals surface area contributed by atoms with Gasteiger partial charge in [-0.25, -0.2) is 8.78 Å². The summed E-state index contributed by atoms with van der Waals surface area (Å²) >= 11 is 5.66. The van der Waals surface area contributed by atoms with Crippen LogP contribution in [0.3, 0.4) is 0 Å². The van der Waals surface area contributed by atoms with Gasteiger partial charge in [0, 0.05) is 0 Å². The van der Waals surface area contributed by atoms with Gasteiger partial charge in [-0.1, -0.05) is 37.8 Å². The molecule has 3 heteroatoms. The Morgan fingerprint density at radius 2 is 1.50 bits per heavy atom. The lowest BCUT2D eigenvalue weighted by Crippen LogP contribution is -2.41. The van der Waals surface area contributed by atoms with Gasteiger partial charge in [0.15, 0.2) is 0 Å². The first kappa shape index (κ1) is 18.7. The van der Waals surface area contributed by atoms with Crippen molar-refractivity contribution in [2.75, 3.05) is 0 Å². The molecule has 0 spiro atoms. The Bertz CT molecular complexity index is 620. The van der Waals surface area contributed by atoms with Crippen molar-refractivity contribution >= 4 is 11.6 Å². The SMILES string of the molecule is CCC[C@@H]1CC[C@H]2[C@H](CC[C@H]3CC(c4cc(F)c(Cl)c(F)c4)CC[C@@H]32)C1. The minimum atomic E-state index is -0.609. The van der Waals surface area contributed by atoms with E-state index in [0.29, 0.717) is 5.92 Å². The van der Waals surface area contributed by atoms with E-state index >= 15 is 0 Å². The Labute approximate surface area is 161 Å². The second-order valence-corrected chi connectivity index (χ2v) is 9.58. The minimum Gasteiger partial charge on any atom is -0.205 e. The number of halogens is 3. The molecule has 0 N–H and O–H groups in total. The summed E-state index contributed by atoms with van der Waals surface area (Å²) in [5.41, 5.74) is 0.816. The first-order valence-electron chi connectivity index (χ1n) is 10.7. The lowest BCUT2D eigenvalue weighted by Gasteiger charge is -2.51. The van der Waals surface area contributed by atoms with E-state index in [4.69, 9.17) is 11.6 Å². The highest BCUT2D eigenvalue weighted by Crippen LogP contribution is 2.55. The van der Waals surface area contributed by atoms with Crippen LogP contribution in [0.1, 0.15) is 82.6 Å². The van der Waals surface area contributed by atoms with Crippen molar-refractivity contribution in [3.8, 4) is 0 Å². The van der Waals surface area contributed by atoms with Gasteiger partial charge in [0.25, 0.3) is 0 Å². The number of hydrogen-bond donors (Lipinski definition) is 0. The van der Waals surface area contributed by atoms with E-state index in [1.54, 1.807) is 0 Å². The predicted octanol–water partition coefficient (Wildman–Crippen LogP) is 7.74. The molecule has 0 aromatic heterocycles. The first-order chi connectivity index (χ1) is 12.6. The van der Waals surface area contributed by atoms with Gasteiger partial charge < -0.3 is 0 Å². The van der Waals surface area contributed by atoms with E-state index < -0.39 is 11.6 Å². The van der Waals surface area contributed by atoms with Gasteiger partial charge in [-0.05, 0) is 98.1 Å². The van der Waals surface area contributed by atoms with Crippen LogP contribution < -0.4 is 0 Å². The van der Waals surface area contributed by atoms with Gasteiger partial charge in [-0.15, -0.1) is 0 Å². The van der Waals surface area contributed by atoms with Crippen LogP contribution >= 0.6 is 11.6 Å². The lowest BCUT2D eigenvalue weighted by molar-refractivity contribution is 0.00539. The Morgan fingerprint density at radius 3 is 2.15 bits per heavy atom. The minimum absolute atomic E-state index is 0.297. The van der Waals surface area contributed by atoms with E-state index in [1.165, 1.54) is 63.5 Å². The standard InChI is InChI=1S/C23H31ClF2/c1-2-3-14-4-8-19-16(10-14)5-6-17-11-15(7-9-20(17)19)18-12-21(25)23(24)22(26)13-18/h12-17,19-20H,2-11H2,1H3/t14-,15?,16-,17+,19+,20+/m1/s1. The first-order valence-corrected chi connectivity index (χ1v) is 11.1. The van der Waals surface area contributed by atoms with Crippen molar-refractivity contribution in [3.63, 3.8) is 0 Å². The molecule has 144 valence electrons. The number of fused-ring (bicyclic) bond motifs is 3. The number of hydrogen-bond acceptors (Lipinski definition) is 0. The number of rotatable bonds is 3. The van der Waals surface area contributed by atoms with Gasteiger partial charge >= 0.3 is 0 Å². The Balaban J connectivity index is 1.44. The molecule has 3 saturated carbocycles. The summed E-state index contributed by atoms with van der Waals surface area (Å²) in [5, 5.41) is -0.369. The van der Waals surface area contributed by atoms with Gasteiger partial charge in [0.1, 0.15) is 16.7 Å². The summed E-state index contributed by atoms with van der Waals surface area (Å²) in [6, 6.07) is 2.94. The molecule has 0 heterocycles. The topological polar surface area (TPSA) is 0 Å². The average molecular weight is 381 g/mol. The van der Waals surface area contributed by atoms with Crippen molar-refractivity contribution in [3.05, 3.63) is 34.4 Å². The molecule has 1 unspecified atom stereocenters. The van der Waals surface area contributed by atoms with Crippen LogP contribution in [0.15, 0.2) is 12.1 Å². The van der Waals surface area contributed by atoms with Crippen LogP contribution in [-0.2, 0) is 0 Å². The third-order valence-corrected chi connectivity index (χ3v) is 8.18. The quantitative estimate of drug-likeness (QED) is 0.470. The molecule has 4 rings (SSSR count). The van der Waals surface area contributed by atoms with Crippen LogP contribution in [0.25, 0.3) is 0 Å². The van der Waals surface area contributed by atoms with E-state index in [1.807, 2.05) is 0 Å². The van der Waals surface area contributed by atoms with Crippen molar-refractivity contribution in [1.29, 1.82) is 0 Å². The smallest absolute Gasteiger partial charge is 0.145 e. The van der Waals surface area contributed by atoms with Crippen LogP contribution in [-0.4, -0.2) is 0 Å². The summed E-state index contributed by atoms with van der Waals surface area (Å²) in [4.78, 5) is 0. The lowest BCUT2D eigenvalue weighted by atomic mass is 9.55. The highest BCUT2D eigenvalue weighted by Gasteiger charge is 2.44. The summed E-state index contributed by atoms with van der Waals surface area (Å²) in [7, 11) is 0. The third kappa shape index (κ3) is 3.55. The average Bonchev–Trinajstić information content (AvgIpc) is 2.65. The maximum absolute atomic E-state index is 13.9. The number of benzene rings is 1. The van der Waals surface area contributed by atoms with E-state index in [0.717, 1.165) is 48.0 Å². The molecule has 0 aliphatic heterocycles. The molecular weight excluding hydrogens is 350 g/mol. The van der Waals surface area contributed by atoms with Crippen molar-refractivity contribution in [1.82, 2.24) is 0 Å². The summed E-state index contributed by atoms with van der Waals surface area (Å²) in [6.45, 7) is 2.31. The van der Waals surface area contributed by atoms with Gasteiger partial charge in [0.2, 0.25) is 0 Å². The van der Waals surface area contributed by atoms with E-state index in [-0.39, 0.29) is 5.02 Å². The molecule has 3 fully saturated rings. The fourth-order valence-electron chi connectivity index (χ4n) is 6.68. The van der Waals surface area contributed by atoms with Crippen LogP contribution in [0, 0.1) is 41.2 Å². The van der Waals surface area contributed by atoms with Crippen LogP contribution in [0.2, 0.25) is 5.02 Å². The highest BCUT2D eigenvalue weighted by atomic mass is 35.5. The van der Waals surface area contributed by atoms with Gasteiger partial charge in [0.05, 0.1) is 0 Å². The molecule has 0 radical (unpaired) electrons. The van der Waals surface area contributed by atoms with E-state index in [2.05, 4.69) is 6.92 Å². The Kier molecular flexibility index (Phi) is 5.60. The van der Waals surface area contributed by atoms with Crippen molar-refractivity contribution in [2.45, 2.75) is 77.0 Å². The molecule has 0 nitrogen and oxygen atoms in total. The monoisotopic (exact) mass is 380 g/mol. The fourth-order valence-corrected chi connectivity index (χ4v) is 6.78. The molecule has 1 aromatic rings. The van der Waals surface area contributed by atoms with Crippen molar-refractivity contribution in [2.24, 2.45) is 29.6 Å². The molecular formula is C23H31ClF2. The maximum Gasteiger partial charge on any atom is 0.145 e. The van der Waals surface area contributed by atoms with E-state index in [9.17, 15) is 8.78 Å². The second-order valence-electron chi connectivity index (χ2n) is 9.20. The molecule has 3 aliphatic carbocycles.